The standard InChI is InChI=1S/C16H16N4O5/c1-25-16-13(21)8-7-11(15(16)20(23)24)9-18-19-14(22)10-17-12-5-3-2-4-6-12/h2-9,17,21H,10H2,1H3,(H,19,22). The van der Waals surface area contributed by atoms with E-state index >= 15 is 0 Å². The second-order valence-electron chi connectivity index (χ2n) is 4.83. The maximum atomic E-state index is 11.7. The number of methoxy groups -OCH3 is 1. The van der Waals surface area contributed by atoms with Crippen molar-refractivity contribution in [3.8, 4) is 11.5 Å². The van der Waals surface area contributed by atoms with E-state index in [9.17, 15) is 20.0 Å². The van der Waals surface area contributed by atoms with E-state index in [2.05, 4.69) is 15.8 Å². The molecule has 0 bridgehead atoms. The van der Waals surface area contributed by atoms with Gasteiger partial charge in [0.25, 0.3) is 5.91 Å². The number of ether oxygens (including phenoxy) is 1. The van der Waals surface area contributed by atoms with E-state index in [0.29, 0.717) is 0 Å². The number of nitrogens with one attached hydrogen (secondary N) is 2. The van der Waals surface area contributed by atoms with Gasteiger partial charge in [-0.2, -0.15) is 5.10 Å². The number of nitrogens with zero attached hydrogens (tertiary/aromatic N) is 2. The Balaban J connectivity index is 2.02. The fourth-order valence-corrected chi connectivity index (χ4v) is 2.02. The zero-order chi connectivity index (χ0) is 18.2. The third-order valence-corrected chi connectivity index (χ3v) is 3.15. The smallest absolute Gasteiger partial charge is 0.323 e. The van der Waals surface area contributed by atoms with Crippen molar-refractivity contribution in [1.29, 1.82) is 0 Å². The number of rotatable bonds is 7. The van der Waals surface area contributed by atoms with Crippen LogP contribution < -0.4 is 15.5 Å². The largest absolute Gasteiger partial charge is 0.504 e. The highest BCUT2D eigenvalue weighted by atomic mass is 16.6. The molecule has 25 heavy (non-hydrogen) atoms. The summed E-state index contributed by atoms with van der Waals surface area (Å²) in [5.74, 6) is -1.05. The number of benzene rings is 2. The Bertz CT molecular complexity index is 793. The molecule has 0 saturated heterocycles. The number of phenolic OH excluding ortho intramolecular Hbond substituents is 1. The first-order valence-electron chi connectivity index (χ1n) is 7.18. The normalized spacial score (nSPS) is 10.4. The van der Waals surface area contributed by atoms with E-state index in [0.717, 1.165) is 11.9 Å². The van der Waals surface area contributed by atoms with Crippen LogP contribution >= 0.6 is 0 Å². The predicted molar refractivity (Wildman–Crippen MR) is 92.0 cm³/mol. The molecule has 0 saturated carbocycles. The number of hydrogen-bond donors (Lipinski definition) is 3. The summed E-state index contributed by atoms with van der Waals surface area (Å²) in [6.07, 6.45) is 1.11. The van der Waals surface area contributed by atoms with Gasteiger partial charge in [0.1, 0.15) is 0 Å². The fraction of sp³-hybridized carbons (Fsp3) is 0.125. The van der Waals surface area contributed by atoms with Crippen molar-refractivity contribution in [3.05, 3.63) is 58.1 Å². The molecule has 2 aromatic rings. The van der Waals surface area contributed by atoms with Crippen LogP contribution in [0, 0.1) is 10.1 Å². The van der Waals surface area contributed by atoms with Crippen LogP contribution in [0.25, 0.3) is 0 Å². The first-order chi connectivity index (χ1) is 12.0. The molecule has 0 aromatic heterocycles. The van der Waals surface area contributed by atoms with Crippen molar-refractivity contribution in [2.45, 2.75) is 0 Å². The zero-order valence-electron chi connectivity index (χ0n) is 13.3. The van der Waals surface area contributed by atoms with Gasteiger partial charge in [-0.3, -0.25) is 14.9 Å². The van der Waals surface area contributed by atoms with Crippen LogP contribution in [0.2, 0.25) is 0 Å². The molecule has 1 amide bonds. The number of anilines is 1. The lowest BCUT2D eigenvalue weighted by molar-refractivity contribution is -0.386. The molecule has 0 spiro atoms. The van der Waals surface area contributed by atoms with Gasteiger partial charge >= 0.3 is 5.69 Å². The molecule has 130 valence electrons. The van der Waals surface area contributed by atoms with Crippen molar-refractivity contribution < 1.29 is 19.6 Å². The molecule has 0 aliphatic rings. The summed E-state index contributed by atoms with van der Waals surface area (Å²) in [6.45, 7) is -0.0116. The molecule has 9 heteroatoms. The predicted octanol–water partition coefficient (Wildman–Crippen LogP) is 1.87. The number of nitro benzene ring substituents is 1. The number of hydrogen-bond acceptors (Lipinski definition) is 7. The number of carbonyl (C=O) groups is 1. The van der Waals surface area contributed by atoms with Crippen molar-refractivity contribution in [3.63, 3.8) is 0 Å². The quantitative estimate of drug-likeness (QED) is 0.400. The van der Waals surface area contributed by atoms with Crippen LogP contribution in [0.4, 0.5) is 11.4 Å². The van der Waals surface area contributed by atoms with Gasteiger partial charge in [0.05, 0.1) is 30.4 Å². The average molecular weight is 344 g/mol. The van der Waals surface area contributed by atoms with E-state index < -0.39 is 16.5 Å². The summed E-state index contributed by atoms with van der Waals surface area (Å²) >= 11 is 0. The SMILES string of the molecule is COc1c(O)ccc(C=NNC(=O)CNc2ccccc2)c1[N+](=O)[O-]. The molecule has 0 fully saturated rings. The Hall–Kier alpha value is -3.62. The van der Waals surface area contributed by atoms with E-state index in [1.165, 1.54) is 19.2 Å². The molecule has 0 radical (unpaired) electrons. The van der Waals surface area contributed by atoms with E-state index in [-0.39, 0.29) is 23.6 Å². The Labute approximate surface area is 143 Å². The minimum atomic E-state index is -0.696. The molecule has 3 N–H and O–H groups in total. The van der Waals surface area contributed by atoms with E-state index in [1.807, 2.05) is 30.3 Å². The third-order valence-electron chi connectivity index (χ3n) is 3.15. The highest BCUT2D eigenvalue weighted by Gasteiger charge is 2.23. The summed E-state index contributed by atoms with van der Waals surface area (Å²) in [4.78, 5) is 22.2. The lowest BCUT2D eigenvalue weighted by atomic mass is 10.1. The number of nitro groups is 1. The molecule has 9 nitrogen and oxygen atoms in total. The van der Waals surface area contributed by atoms with Gasteiger partial charge in [0.2, 0.25) is 5.75 Å². The molecule has 0 aliphatic carbocycles. The van der Waals surface area contributed by atoms with Gasteiger partial charge in [-0.1, -0.05) is 18.2 Å². The maximum Gasteiger partial charge on any atom is 0.323 e. The Morgan fingerprint density at radius 1 is 1.32 bits per heavy atom. The van der Waals surface area contributed by atoms with Gasteiger partial charge < -0.3 is 15.2 Å². The monoisotopic (exact) mass is 344 g/mol. The molecule has 2 rings (SSSR count). The molecule has 2 aromatic carbocycles. The number of hydrazone groups is 1. The number of carbonyl (C=O) groups excluding carboxylic acids is 1. The summed E-state index contributed by atoms with van der Waals surface area (Å²) < 4.78 is 4.84. The van der Waals surface area contributed by atoms with Gasteiger partial charge in [0, 0.05) is 5.69 Å². The Morgan fingerprint density at radius 3 is 2.68 bits per heavy atom. The minimum absolute atomic E-state index is 0.0116. The van der Waals surface area contributed by atoms with Crippen LogP contribution in [0.15, 0.2) is 47.6 Å². The van der Waals surface area contributed by atoms with Crippen LogP contribution in [0.1, 0.15) is 5.56 Å². The summed E-state index contributed by atoms with van der Waals surface area (Å²) in [7, 11) is 1.21. The second-order valence-corrected chi connectivity index (χ2v) is 4.83. The summed E-state index contributed by atoms with van der Waals surface area (Å²) in [5.41, 5.74) is 2.68. The number of amides is 1. The highest BCUT2D eigenvalue weighted by Crippen LogP contribution is 2.37. The highest BCUT2D eigenvalue weighted by molar-refractivity contribution is 5.89. The minimum Gasteiger partial charge on any atom is -0.504 e. The maximum absolute atomic E-state index is 11.7. The molecule has 0 unspecified atom stereocenters. The zero-order valence-corrected chi connectivity index (χ0v) is 13.3. The molecule has 0 heterocycles. The number of phenols is 1. The van der Waals surface area contributed by atoms with Crippen LogP contribution in [-0.2, 0) is 4.79 Å². The topological polar surface area (TPSA) is 126 Å². The number of para-hydroxylation sites is 1. The number of aromatic hydroxyl groups is 1. The Kier molecular flexibility index (Phi) is 5.88. The van der Waals surface area contributed by atoms with Gasteiger partial charge in [-0.25, -0.2) is 5.43 Å². The average Bonchev–Trinajstić information content (AvgIpc) is 2.61. The van der Waals surface area contributed by atoms with Gasteiger partial charge in [-0.05, 0) is 24.3 Å². The molecular formula is C16H16N4O5. The third kappa shape index (κ3) is 4.67. The lowest BCUT2D eigenvalue weighted by Crippen LogP contribution is -2.25. The Morgan fingerprint density at radius 2 is 2.04 bits per heavy atom. The van der Waals surface area contributed by atoms with Crippen molar-refractivity contribution in [2.24, 2.45) is 5.10 Å². The van der Waals surface area contributed by atoms with E-state index in [4.69, 9.17) is 4.74 Å². The summed E-state index contributed by atoms with van der Waals surface area (Å²) in [6, 6.07) is 11.7. The van der Waals surface area contributed by atoms with Crippen molar-refractivity contribution >= 4 is 23.5 Å². The van der Waals surface area contributed by atoms with Crippen LogP contribution in [-0.4, -0.2) is 35.8 Å². The first-order valence-corrected chi connectivity index (χ1v) is 7.18. The van der Waals surface area contributed by atoms with Crippen molar-refractivity contribution in [1.82, 2.24) is 5.43 Å². The lowest BCUT2D eigenvalue weighted by Gasteiger charge is -2.06. The van der Waals surface area contributed by atoms with Crippen molar-refractivity contribution in [2.75, 3.05) is 19.0 Å². The molecule has 0 aliphatic heterocycles. The van der Waals surface area contributed by atoms with Gasteiger partial charge in [-0.15, -0.1) is 0 Å². The van der Waals surface area contributed by atoms with Crippen LogP contribution in [0.5, 0.6) is 11.5 Å². The van der Waals surface area contributed by atoms with Crippen LogP contribution in [0.3, 0.4) is 0 Å². The van der Waals surface area contributed by atoms with Gasteiger partial charge in [0.15, 0.2) is 5.75 Å². The second kappa shape index (κ2) is 8.29. The summed E-state index contributed by atoms with van der Waals surface area (Å²) in [5, 5.41) is 27.4. The van der Waals surface area contributed by atoms with E-state index in [1.54, 1.807) is 0 Å². The molecule has 0 atom stereocenters. The molecular weight excluding hydrogens is 328 g/mol. The fourth-order valence-electron chi connectivity index (χ4n) is 2.02. The first kappa shape index (κ1) is 17.7.